The Bertz CT molecular complexity index is 1250. The van der Waals surface area contributed by atoms with Crippen molar-refractivity contribution in [3.63, 3.8) is 0 Å². The highest BCUT2D eigenvalue weighted by atomic mass is 16.7. The van der Waals surface area contributed by atoms with Crippen molar-refractivity contribution in [3.8, 4) is 0 Å². The van der Waals surface area contributed by atoms with Gasteiger partial charge in [0.1, 0.15) is 37.3 Å². The molecule has 3 heterocycles. The Morgan fingerprint density at radius 2 is 1.70 bits per heavy atom. The second-order valence-corrected chi connectivity index (χ2v) is 15.7. The molecule has 47 heavy (non-hydrogen) atoms. The molecule has 4 aliphatic carbocycles. The summed E-state index contributed by atoms with van der Waals surface area (Å²) in [5, 5.41) is 65.7. The zero-order valence-corrected chi connectivity index (χ0v) is 27.1. The molecular formula is C34H50O13. The molecule has 0 amide bonds. The number of hydrogen-bond acceptors (Lipinski definition) is 13. The van der Waals surface area contributed by atoms with E-state index in [0.29, 0.717) is 44.9 Å². The van der Waals surface area contributed by atoms with Gasteiger partial charge in [-0.2, -0.15) is 0 Å². The molecule has 0 unspecified atom stereocenters. The van der Waals surface area contributed by atoms with E-state index in [0.717, 1.165) is 18.3 Å². The molecule has 6 fully saturated rings. The zero-order chi connectivity index (χ0) is 33.5. The Morgan fingerprint density at radius 1 is 0.936 bits per heavy atom. The fraction of sp³-hybridized carbons (Fsp3) is 0.882. The third-order valence-corrected chi connectivity index (χ3v) is 13.6. The molecule has 0 radical (unpaired) electrons. The predicted octanol–water partition coefficient (Wildman–Crippen LogP) is 0.243. The standard InChI is InChI=1S/C34H50O13/c1-17-29(47-30-28(40)27(39)24(37)15-44-30)23(36)12-26(45-17)46-19-3-8-32(16-35)21-4-7-31(2)20(18-11-25(38)43-14-18)6-10-34(31,42)22(21)5-9-33(32,41)13-19/h11,16-17,19-24,26-30,36-37,39-42H,3-10,12-15H2,1-2H3/t17-,19+,20-,21+,22+,23-,24+,26-,27-,28+,29-,30-,31+,32-,33-,34-/m0/s1. The maximum atomic E-state index is 13.1. The SMILES string of the molecule is C[C@@H]1O[C@@H](O[C@@H]2CC[C@]3(C=O)[C@@H]4CC[C@]5(C)[C@H](C6=CC(=O)OC6)CC[C@]5(O)[C@@H]4CC[C@]3(O)C2)C[C@H](O)[C@H]1O[C@@H]1OC[C@@H](O)[C@H](O)[C@H]1O. The number of cyclic esters (lactones) is 1. The summed E-state index contributed by atoms with van der Waals surface area (Å²) >= 11 is 0. The number of esters is 1. The van der Waals surface area contributed by atoms with Crippen molar-refractivity contribution in [2.75, 3.05) is 13.2 Å². The van der Waals surface area contributed by atoms with Crippen LogP contribution in [0.3, 0.4) is 0 Å². The number of rotatable bonds is 6. The van der Waals surface area contributed by atoms with E-state index in [1.807, 2.05) is 0 Å². The Kier molecular flexibility index (Phi) is 8.72. The molecule has 7 rings (SSSR count). The summed E-state index contributed by atoms with van der Waals surface area (Å²) in [4.78, 5) is 25.0. The number of hydrogen-bond donors (Lipinski definition) is 6. The third-order valence-electron chi connectivity index (χ3n) is 13.6. The summed E-state index contributed by atoms with van der Waals surface area (Å²) in [5.74, 6) is -0.635. The molecule has 0 aromatic rings. The minimum Gasteiger partial charge on any atom is -0.458 e. The lowest BCUT2D eigenvalue weighted by atomic mass is 9.41. The summed E-state index contributed by atoms with van der Waals surface area (Å²) in [5.41, 5.74) is -2.86. The lowest BCUT2D eigenvalue weighted by Crippen LogP contribution is -2.69. The first kappa shape index (κ1) is 34.0. The van der Waals surface area contributed by atoms with Crippen LogP contribution in [0, 0.1) is 28.6 Å². The smallest absolute Gasteiger partial charge is 0.331 e. The Morgan fingerprint density at radius 3 is 2.40 bits per heavy atom. The summed E-state index contributed by atoms with van der Waals surface area (Å²) in [6.45, 7) is 3.86. The second-order valence-electron chi connectivity index (χ2n) is 15.7. The highest BCUT2D eigenvalue weighted by Crippen LogP contribution is 2.70. The van der Waals surface area contributed by atoms with Gasteiger partial charge >= 0.3 is 5.97 Å². The summed E-state index contributed by atoms with van der Waals surface area (Å²) in [6, 6.07) is 0. The van der Waals surface area contributed by atoms with Gasteiger partial charge in [0.05, 0.1) is 41.5 Å². The molecule has 6 N–H and O–H groups in total. The third kappa shape index (κ3) is 5.18. The van der Waals surface area contributed by atoms with E-state index in [4.69, 9.17) is 23.7 Å². The van der Waals surface area contributed by atoms with Gasteiger partial charge < -0.3 is 59.1 Å². The lowest BCUT2D eigenvalue weighted by molar-refractivity contribution is -0.331. The summed E-state index contributed by atoms with van der Waals surface area (Å²) in [6.07, 6.45) is -1.89. The molecule has 0 spiro atoms. The van der Waals surface area contributed by atoms with Gasteiger partial charge in [-0.25, -0.2) is 4.79 Å². The maximum absolute atomic E-state index is 13.1. The van der Waals surface area contributed by atoms with E-state index in [2.05, 4.69) is 6.92 Å². The molecular weight excluding hydrogens is 616 g/mol. The van der Waals surface area contributed by atoms with E-state index in [1.165, 1.54) is 0 Å². The summed E-state index contributed by atoms with van der Waals surface area (Å²) < 4.78 is 28.7. The van der Waals surface area contributed by atoms with Crippen LogP contribution in [0.5, 0.6) is 0 Å². The van der Waals surface area contributed by atoms with Gasteiger partial charge in [-0.1, -0.05) is 6.92 Å². The van der Waals surface area contributed by atoms with Gasteiger partial charge in [-0.05, 0) is 81.6 Å². The number of aliphatic hydroxyl groups is 6. The minimum atomic E-state index is -1.50. The highest BCUT2D eigenvalue weighted by Gasteiger charge is 2.71. The summed E-state index contributed by atoms with van der Waals surface area (Å²) in [7, 11) is 0. The van der Waals surface area contributed by atoms with Gasteiger partial charge in [0, 0.05) is 24.3 Å². The Labute approximate surface area is 274 Å². The van der Waals surface area contributed by atoms with Crippen molar-refractivity contribution in [1.29, 1.82) is 0 Å². The topological polar surface area (TPSA) is 202 Å². The highest BCUT2D eigenvalue weighted by molar-refractivity contribution is 5.85. The molecule has 0 aromatic heterocycles. The maximum Gasteiger partial charge on any atom is 0.331 e. The average molecular weight is 667 g/mol. The monoisotopic (exact) mass is 666 g/mol. The van der Waals surface area contributed by atoms with E-state index in [9.17, 15) is 40.2 Å². The number of aldehydes is 1. The van der Waals surface area contributed by atoms with Gasteiger partial charge in [-0.3, -0.25) is 0 Å². The van der Waals surface area contributed by atoms with Crippen molar-refractivity contribution in [2.45, 2.75) is 145 Å². The fourth-order valence-corrected chi connectivity index (χ4v) is 11.0. The van der Waals surface area contributed by atoms with Gasteiger partial charge in [-0.15, -0.1) is 0 Å². The molecule has 7 aliphatic rings. The van der Waals surface area contributed by atoms with Crippen molar-refractivity contribution in [1.82, 2.24) is 0 Å². The molecule has 3 aliphatic heterocycles. The Balaban J connectivity index is 1.01. The molecule has 2 saturated heterocycles. The number of aliphatic hydroxyl groups excluding tert-OH is 4. The molecule has 0 aromatic carbocycles. The first-order valence-electron chi connectivity index (χ1n) is 17.3. The first-order chi connectivity index (χ1) is 22.2. The predicted molar refractivity (Wildman–Crippen MR) is 160 cm³/mol. The zero-order valence-electron chi connectivity index (χ0n) is 27.1. The van der Waals surface area contributed by atoms with Crippen LogP contribution in [-0.4, -0.2) is 123 Å². The van der Waals surface area contributed by atoms with Gasteiger partial charge in [0.25, 0.3) is 0 Å². The fourth-order valence-electron chi connectivity index (χ4n) is 11.0. The molecule has 16 atom stereocenters. The number of carbonyl (C=O) groups excluding carboxylic acids is 2. The van der Waals surface area contributed by atoms with Crippen molar-refractivity contribution in [2.24, 2.45) is 28.6 Å². The van der Waals surface area contributed by atoms with E-state index >= 15 is 0 Å². The normalized spacial score (nSPS) is 54.6. The van der Waals surface area contributed by atoms with Crippen LogP contribution in [-0.2, 0) is 33.3 Å². The molecule has 264 valence electrons. The number of fused-ring (bicyclic) bond motifs is 5. The second kappa shape index (κ2) is 12.1. The van der Waals surface area contributed by atoms with Crippen LogP contribution in [0.2, 0.25) is 0 Å². The number of ether oxygens (including phenoxy) is 5. The Hall–Kier alpha value is -1.52. The number of carbonyl (C=O) groups is 2. The van der Waals surface area contributed by atoms with E-state index in [1.54, 1.807) is 13.0 Å². The first-order valence-corrected chi connectivity index (χ1v) is 17.3. The van der Waals surface area contributed by atoms with Crippen molar-refractivity contribution < 1.29 is 63.9 Å². The van der Waals surface area contributed by atoms with Crippen LogP contribution in [0.15, 0.2) is 11.6 Å². The molecule has 13 nitrogen and oxygen atoms in total. The van der Waals surface area contributed by atoms with Crippen LogP contribution >= 0.6 is 0 Å². The van der Waals surface area contributed by atoms with E-state index in [-0.39, 0.29) is 49.8 Å². The van der Waals surface area contributed by atoms with Crippen LogP contribution in [0.1, 0.15) is 78.1 Å². The van der Waals surface area contributed by atoms with E-state index < -0.39 is 77.3 Å². The van der Waals surface area contributed by atoms with Crippen LogP contribution < -0.4 is 0 Å². The molecule has 0 bridgehead atoms. The molecule has 13 heteroatoms. The van der Waals surface area contributed by atoms with Crippen molar-refractivity contribution >= 4 is 12.3 Å². The quantitative estimate of drug-likeness (QED) is 0.128. The minimum absolute atomic E-state index is 0.0370. The van der Waals surface area contributed by atoms with Gasteiger partial charge in [0.15, 0.2) is 12.6 Å². The lowest BCUT2D eigenvalue weighted by Gasteiger charge is -2.65. The van der Waals surface area contributed by atoms with Crippen LogP contribution in [0.25, 0.3) is 0 Å². The van der Waals surface area contributed by atoms with Gasteiger partial charge in [0.2, 0.25) is 0 Å². The molecule has 4 saturated carbocycles. The average Bonchev–Trinajstić information content (AvgIpc) is 3.57. The largest absolute Gasteiger partial charge is 0.458 e. The van der Waals surface area contributed by atoms with Crippen molar-refractivity contribution in [3.05, 3.63) is 11.6 Å². The van der Waals surface area contributed by atoms with Crippen LogP contribution in [0.4, 0.5) is 0 Å².